The molecule has 150 valence electrons. The highest BCUT2D eigenvalue weighted by Crippen LogP contribution is 2.14. The Morgan fingerprint density at radius 3 is 2.59 bits per heavy atom. The smallest absolute Gasteiger partial charge is 0.338 e. The van der Waals surface area contributed by atoms with E-state index in [4.69, 9.17) is 4.74 Å². The van der Waals surface area contributed by atoms with E-state index in [1.807, 2.05) is 6.92 Å². The summed E-state index contributed by atoms with van der Waals surface area (Å²) >= 11 is 0. The number of carbonyl (C=O) groups excluding carboxylic acids is 2. The molecule has 0 saturated carbocycles. The van der Waals surface area contributed by atoms with Crippen LogP contribution in [-0.2, 0) is 22.6 Å². The molecule has 0 aliphatic carbocycles. The van der Waals surface area contributed by atoms with E-state index >= 15 is 0 Å². The summed E-state index contributed by atoms with van der Waals surface area (Å²) < 4.78 is 19.5. The minimum atomic E-state index is -0.669. The van der Waals surface area contributed by atoms with Crippen LogP contribution in [0.25, 0.3) is 11.0 Å². The van der Waals surface area contributed by atoms with Gasteiger partial charge in [0.25, 0.3) is 11.5 Å². The maximum absolute atomic E-state index is 12.9. The molecule has 0 fully saturated rings. The van der Waals surface area contributed by atoms with Crippen LogP contribution in [0, 0.1) is 12.7 Å². The molecule has 29 heavy (non-hydrogen) atoms. The fourth-order valence-electron chi connectivity index (χ4n) is 2.88. The number of halogens is 1. The summed E-state index contributed by atoms with van der Waals surface area (Å²) in [7, 11) is 0. The Balaban J connectivity index is 1.63. The molecule has 0 spiro atoms. The van der Waals surface area contributed by atoms with Crippen LogP contribution in [-0.4, -0.2) is 28.0 Å². The van der Waals surface area contributed by atoms with Gasteiger partial charge in [-0.3, -0.25) is 9.59 Å². The zero-order valence-corrected chi connectivity index (χ0v) is 16.1. The molecule has 0 aliphatic rings. The summed E-state index contributed by atoms with van der Waals surface area (Å²) in [5, 5.41) is 2.59. The van der Waals surface area contributed by atoms with Crippen LogP contribution in [0.1, 0.15) is 28.5 Å². The van der Waals surface area contributed by atoms with Gasteiger partial charge < -0.3 is 14.6 Å². The van der Waals surface area contributed by atoms with Crippen molar-refractivity contribution in [1.29, 1.82) is 0 Å². The Labute approximate surface area is 166 Å². The SMILES string of the molecule is CCn1c(=O)c(C)nc2cc(C(=O)OCC(=O)NCc3ccc(F)cc3)ccc21. The van der Waals surface area contributed by atoms with E-state index < -0.39 is 18.5 Å². The zero-order valence-electron chi connectivity index (χ0n) is 16.1. The number of hydrogen-bond donors (Lipinski definition) is 1. The van der Waals surface area contributed by atoms with Crippen molar-refractivity contribution in [2.45, 2.75) is 26.9 Å². The summed E-state index contributed by atoms with van der Waals surface area (Å²) in [6, 6.07) is 10.4. The van der Waals surface area contributed by atoms with Crippen LogP contribution in [0.3, 0.4) is 0 Å². The lowest BCUT2D eigenvalue weighted by Crippen LogP contribution is -2.28. The van der Waals surface area contributed by atoms with E-state index in [-0.39, 0.29) is 23.5 Å². The van der Waals surface area contributed by atoms with Crippen molar-refractivity contribution < 1.29 is 18.7 Å². The van der Waals surface area contributed by atoms with Crippen molar-refractivity contribution >= 4 is 22.9 Å². The molecule has 1 heterocycles. The van der Waals surface area contributed by atoms with Gasteiger partial charge in [0.05, 0.1) is 16.6 Å². The van der Waals surface area contributed by atoms with E-state index in [2.05, 4.69) is 10.3 Å². The largest absolute Gasteiger partial charge is 0.452 e. The molecule has 0 radical (unpaired) electrons. The second kappa shape index (κ2) is 8.64. The molecule has 3 aromatic rings. The van der Waals surface area contributed by atoms with E-state index in [0.29, 0.717) is 23.3 Å². The number of amides is 1. The van der Waals surface area contributed by atoms with E-state index in [1.54, 1.807) is 29.7 Å². The third-order valence-electron chi connectivity index (χ3n) is 4.40. The third-order valence-corrected chi connectivity index (χ3v) is 4.40. The molecule has 0 unspecified atom stereocenters. The first-order valence-electron chi connectivity index (χ1n) is 9.08. The lowest BCUT2D eigenvalue weighted by Gasteiger charge is -2.10. The van der Waals surface area contributed by atoms with Crippen LogP contribution in [0.2, 0.25) is 0 Å². The Hall–Kier alpha value is -3.55. The molecule has 3 rings (SSSR count). The molecule has 1 aromatic heterocycles. The van der Waals surface area contributed by atoms with Gasteiger partial charge in [-0.2, -0.15) is 0 Å². The summed E-state index contributed by atoms with van der Waals surface area (Å²) in [6.45, 7) is 3.71. The number of aromatic nitrogens is 2. The van der Waals surface area contributed by atoms with Gasteiger partial charge in [0.1, 0.15) is 11.5 Å². The fraction of sp³-hybridized carbons (Fsp3) is 0.238. The van der Waals surface area contributed by atoms with Gasteiger partial charge >= 0.3 is 5.97 Å². The third kappa shape index (κ3) is 4.66. The number of nitrogens with one attached hydrogen (secondary N) is 1. The summed E-state index contributed by atoms with van der Waals surface area (Å²) in [6.07, 6.45) is 0. The monoisotopic (exact) mass is 397 g/mol. The van der Waals surface area contributed by atoms with Crippen molar-refractivity contribution in [2.75, 3.05) is 6.61 Å². The molecule has 1 amide bonds. The summed E-state index contributed by atoms with van der Waals surface area (Å²) in [5.74, 6) is -1.50. The van der Waals surface area contributed by atoms with Gasteiger partial charge in [-0.1, -0.05) is 12.1 Å². The van der Waals surface area contributed by atoms with Gasteiger partial charge in [0, 0.05) is 13.1 Å². The topological polar surface area (TPSA) is 90.3 Å². The highest BCUT2D eigenvalue weighted by Gasteiger charge is 2.13. The van der Waals surface area contributed by atoms with E-state index in [9.17, 15) is 18.8 Å². The molecular weight excluding hydrogens is 377 g/mol. The van der Waals surface area contributed by atoms with Crippen molar-refractivity contribution in [1.82, 2.24) is 14.9 Å². The second-order valence-corrected chi connectivity index (χ2v) is 6.43. The summed E-state index contributed by atoms with van der Waals surface area (Å²) in [5.41, 5.74) is 2.25. The van der Waals surface area contributed by atoms with Crippen molar-refractivity contribution in [3.05, 3.63) is 75.5 Å². The number of benzene rings is 2. The molecule has 8 heteroatoms. The van der Waals surface area contributed by atoms with Crippen LogP contribution < -0.4 is 10.9 Å². The first-order chi connectivity index (χ1) is 13.9. The highest BCUT2D eigenvalue weighted by molar-refractivity contribution is 5.94. The molecule has 0 aliphatic heterocycles. The lowest BCUT2D eigenvalue weighted by molar-refractivity contribution is -0.124. The molecular formula is C21H20FN3O4. The number of fused-ring (bicyclic) bond motifs is 1. The standard InChI is InChI=1S/C21H20FN3O4/c1-3-25-18-9-6-15(10-17(18)24-13(2)20(25)27)21(28)29-12-19(26)23-11-14-4-7-16(22)8-5-14/h4-10H,3,11-12H2,1-2H3,(H,23,26). The predicted octanol–water partition coefficient (Wildman–Crippen LogP) is 2.34. The van der Waals surface area contributed by atoms with Crippen LogP contribution >= 0.6 is 0 Å². The molecule has 7 nitrogen and oxygen atoms in total. The van der Waals surface area contributed by atoms with Gasteiger partial charge in [-0.25, -0.2) is 14.2 Å². The number of hydrogen-bond acceptors (Lipinski definition) is 5. The predicted molar refractivity (Wildman–Crippen MR) is 105 cm³/mol. The van der Waals surface area contributed by atoms with Gasteiger partial charge in [0.2, 0.25) is 0 Å². The molecule has 0 atom stereocenters. The second-order valence-electron chi connectivity index (χ2n) is 6.43. The van der Waals surface area contributed by atoms with Crippen LogP contribution in [0.15, 0.2) is 47.3 Å². The van der Waals surface area contributed by atoms with Gasteiger partial charge in [0.15, 0.2) is 6.61 Å². The molecule has 0 bridgehead atoms. The van der Waals surface area contributed by atoms with Crippen molar-refractivity contribution in [2.24, 2.45) is 0 Å². The van der Waals surface area contributed by atoms with Crippen molar-refractivity contribution in [3.8, 4) is 0 Å². The first kappa shape index (κ1) is 20.2. The minimum absolute atomic E-state index is 0.173. The Morgan fingerprint density at radius 2 is 1.90 bits per heavy atom. The fourth-order valence-corrected chi connectivity index (χ4v) is 2.88. The van der Waals surface area contributed by atoms with E-state index in [1.165, 1.54) is 24.3 Å². The Morgan fingerprint density at radius 1 is 1.17 bits per heavy atom. The quantitative estimate of drug-likeness (QED) is 0.645. The lowest BCUT2D eigenvalue weighted by atomic mass is 10.2. The Bertz CT molecular complexity index is 1120. The maximum atomic E-state index is 12.9. The number of carbonyl (C=O) groups is 2. The number of nitrogens with zero attached hydrogens (tertiary/aromatic N) is 2. The van der Waals surface area contributed by atoms with Gasteiger partial charge in [-0.05, 0) is 49.7 Å². The normalized spacial score (nSPS) is 10.7. The average molecular weight is 397 g/mol. The zero-order chi connectivity index (χ0) is 21.0. The minimum Gasteiger partial charge on any atom is -0.452 e. The Kier molecular flexibility index (Phi) is 6.01. The molecule has 0 saturated heterocycles. The number of esters is 1. The molecule has 1 N–H and O–H groups in total. The van der Waals surface area contributed by atoms with Gasteiger partial charge in [-0.15, -0.1) is 0 Å². The molecule has 2 aromatic carbocycles. The highest BCUT2D eigenvalue weighted by atomic mass is 19.1. The average Bonchev–Trinajstić information content (AvgIpc) is 2.72. The van der Waals surface area contributed by atoms with Crippen molar-refractivity contribution in [3.63, 3.8) is 0 Å². The number of aryl methyl sites for hydroxylation is 2. The van der Waals surface area contributed by atoms with E-state index in [0.717, 1.165) is 5.56 Å². The van der Waals surface area contributed by atoms with Crippen LogP contribution in [0.4, 0.5) is 4.39 Å². The summed E-state index contributed by atoms with van der Waals surface area (Å²) in [4.78, 5) is 40.5. The number of ether oxygens (including phenoxy) is 1. The first-order valence-corrected chi connectivity index (χ1v) is 9.08. The van der Waals surface area contributed by atoms with Crippen LogP contribution in [0.5, 0.6) is 0 Å². The number of rotatable bonds is 6. The maximum Gasteiger partial charge on any atom is 0.338 e.